The van der Waals surface area contributed by atoms with Crippen LogP contribution in [0.3, 0.4) is 0 Å². The number of benzene rings is 4. The summed E-state index contributed by atoms with van der Waals surface area (Å²) in [7, 11) is -4.35. The van der Waals surface area contributed by atoms with Gasteiger partial charge in [0.15, 0.2) is 0 Å². The molecule has 0 aliphatic carbocycles. The van der Waals surface area contributed by atoms with E-state index in [4.69, 9.17) is 9.05 Å². The number of phosphoric acid groups is 1. The summed E-state index contributed by atoms with van der Waals surface area (Å²) in [5.74, 6) is 0.663. The average Bonchev–Trinajstić information content (AvgIpc) is 2.66. The molecular formula is C22H19O4P. The molecule has 0 fully saturated rings. The fraction of sp³-hybridized carbons (Fsp3) is 0.0909. The summed E-state index contributed by atoms with van der Waals surface area (Å²) in [5.41, 5.74) is 1.59. The Kier molecular flexibility index (Phi) is 4.39. The first-order valence-electron chi connectivity index (χ1n) is 8.63. The van der Waals surface area contributed by atoms with Gasteiger partial charge in [0.1, 0.15) is 11.5 Å². The maximum absolute atomic E-state index is 12.6. The van der Waals surface area contributed by atoms with Gasteiger partial charge in [0.05, 0.1) is 0 Å². The number of rotatable bonds is 4. The molecule has 0 saturated carbocycles. The van der Waals surface area contributed by atoms with Crippen molar-refractivity contribution >= 4 is 29.4 Å². The number of phosphoric ester groups is 1. The Morgan fingerprint density at radius 3 is 1.52 bits per heavy atom. The summed E-state index contributed by atoms with van der Waals surface area (Å²) in [6.45, 7) is 3.72. The third kappa shape index (κ3) is 3.42. The largest absolute Gasteiger partial charge is 0.584 e. The Balaban J connectivity index is 1.66. The standard InChI is InChI=1S/C22H19O4P/c1-15-19-9-5-3-7-17(19)11-13-21(15)25-27(23,24)26-22-14-12-18-8-4-6-10-20(18)16(22)2/h3-14H,1-2H3,(H,23,24). The number of aryl methyl sites for hydroxylation is 2. The van der Waals surface area contributed by atoms with Crippen LogP contribution in [0.4, 0.5) is 0 Å². The minimum Gasteiger partial charge on any atom is -0.395 e. The molecule has 0 atom stereocenters. The quantitative estimate of drug-likeness (QED) is 0.432. The normalized spacial score (nSPS) is 11.7. The van der Waals surface area contributed by atoms with E-state index in [-0.39, 0.29) is 0 Å². The Morgan fingerprint density at radius 1 is 0.667 bits per heavy atom. The van der Waals surface area contributed by atoms with Crippen LogP contribution in [0.5, 0.6) is 11.5 Å². The molecule has 4 aromatic carbocycles. The van der Waals surface area contributed by atoms with E-state index in [1.165, 1.54) is 0 Å². The molecule has 4 aromatic rings. The average molecular weight is 378 g/mol. The third-order valence-corrected chi connectivity index (χ3v) is 5.58. The maximum atomic E-state index is 12.6. The smallest absolute Gasteiger partial charge is 0.395 e. The van der Waals surface area contributed by atoms with Crippen LogP contribution in [-0.4, -0.2) is 4.89 Å². The first kappa shape index (κ1) is 17.6. The molecule has 4 nitrogen and oxygen atoms in total. The lowest BCUT2D eigenvalue weighted by Gasteiger charge is -2.18. The molecular weight excluding hydrogens is 359 g/mol. The van der Waals surface area contributed by atoms with E-state index in [0.29, 0.717) is 11.5 Å². The summed E-state index contributed by atoms with van der Waals surface area (Å²) in [6, 6.07) is 22.7. The molecule has 0 radical (unpaired) electrons. The molecule has 0 saturated heterocycles. The molecule has 0 aliphatic heterocycles. The Labute approximate surface area is 157 Å². The highest BCUT2D eigenvalue weighted by atomic mass is 31.2. The molecule has 0 aliphatic rings. The van der Waals surface area contributed by atoms with E-state index >= 15 is 0 Å². The molecule has 27 heavy (non-hydrogen) atoms. The molecule has 0 bridgehead atoms. The van der Waals surface area contributed by atoms with E-state index in [9.17, 15) is 9.46 Å². The second-order valence-electron chi connectivity index (χ2n) is 6.47. The third-order valence-electron chi connectivity index (χ3n) is 4.72. The van der Waals surface area contributed by atoms with Crippen molar-refractivity contribution in [1.29, 1.82) is 0 Å². The van der Waals surface area contributed by atoms with Crippen LogP contribution in [0.1, 0.15) is 11.1 Å². The van der Waals surface area contributed by atoms with Crippen LogP contribution >= 0.6 is 7.82 Å². The highest BCUT2D eigenvalue weighted by Gasteiger charge is 2.27. The zero-order valence-electron chi connectivity index (χ0n) is 15.0. The lowest BCUT2D eigenvalue weighted by molar-refractivity contribution is 0.290. The monoisotopic (exact) mass is 378 g/mol. The van der Waals surface area contributed by atoms with Crippen LogP contribution < -0.4 is 9.05 Å². The lowest BCUT2D eigenvalue weighted by atomic mass is 10.1. The molecule has 0 heterocycles. The van der Waals surface area contributed by atoms with E-state index in [1.54, 1.807) is 12.1 Å². The minimum atomic E-state index is -4.35. The molecule has 0 unspecified atom stereocenters. The molecule has 4 rings (SSSR count). The van der Waals surface area contributed by atoms with Gasteiger partial charge in [-0.1, -0.05) is 60.7 Å². The number of hydrogen-bond donors (Lipinski definition) is 1. The van der Waals surface area contributed by atoms with E-state index in [1.807, 2.05) is 74.5 Å². The second-order valence-corrected chi connectivity index (χ2v) is 7.77. The van der Waals surface area contributed by atoms with Crippen molar-refractivity contribution in [2.24, 2.45) is 0 Å². The van der Waals surface area contributed by atoms with Gasteiger partial charge in [-0.25, -0.2) is 4.57 Å². The van der Waals surface area contributed by atoms with Crippen molar-refractivity contribution in [3.05, 3.63) is 83.9 Å². The van der Waals surface area contributed by atoms with Crippen LogP contribution in [0.15, 0.2) is 72.8 Å². The molecule has 0 spiro atoms. The maximum Gasteiger partial charge on any atom is 0.584 e. The summed E-state index contributed by atoms with van der Waals surface area (Å²) in [4.78, 5) is 10.3. The molecule has 0 amide bonds. The fourth-order valence-electron chi connectivity index (χ4n) is 3.28. The van der Waals surface area contributed by atoms with Gasteiger partial charge in [-0.05, 0) is 58.7 Å². The first-order chi connectivity index (χ1) is 12.9. The first-order valence-corrected chi connectivity index (χ1v) is 10.1. The number of fused-ring (bicyclic) bond motifs is 2. The van der Waals surface area contributed by atoms with Gasteiger partial charge in [-0.3, -0.25) is 4.89 Å². The predicted octanol–water partition coefficient (Wildman–Crippen LogP) is 6.17. The Hall–Kier alpha value is -2.81. The van der Waals surface area contributed by atoms with E-state index < -0.39 is 7.82 Å². The zero-order valence-corrected chi connectivity index (χ0v) is 15.9. The highest BCUT2D eigenvalue weighted by molar-refractivity contribution is 7.48. The summed E-state index contributed by atoms with van der Waals surface area (Å²) < 4.78 is 23.4. The fourth-order valence-corrected chi connectivity index (χ4v) is 4.21. The van der Waals surface area contributed by atoms with Crippen molar-refractivity contribution in [2.45, 2.75) is 13.8 Å². The van der Waals surface area contributed by atoms with Crippen molar-refractivity contribution in [3.63, 3.8) is 0 Å². The van der Waals surface area contributed by atoms with Gasteiger partial charge in [-0.15, -0.1) is 0 Å². The molecule has 5 heteroatoms. The SMILES string of the molecule is Cc1c(OP(=O)(O)Oc2ccc3ccccc3c2C)ccc2ccccc12. The molecule has 136 valence electrons. The van der Waals surface area contributed by atoms with Gasteiger partial charge in [0.25, 0.3) is 0 Å². The van der Waals surface area contributed by atoms with Gasteiger partial charge in [-0.2, -0.15) is 0 Å². The van der Waals surface area contributed by atoms with Crippen LogP contribution in [0, 0.1) is 13.8 Å². The molecule has 1 N–H and O–H groups in total. The highest BCUT2D eigenvalue weighted by Crippen LogP contribution is 2.47. The Bertz CT molecular complexity index is 1110. The van der Waals surface area contributed by atoms with Crippen LogP contribution in [0.25, 0.3) is 21.5 Å². The molecule has 0 aromatic heterocycles. The summed E-state index contributed by atoms with van der Waals surface area (Å²) >= 11 is 0. The lowest BCUT2D eigenvalue weighted by Crippen LogP contribution is -2.02. The van der Waals surface area contributed by atoms with Gasteiger partial charge < -0.3 is 9.05 Å². The van der Waals surface area contributed by atoms with Crippen molar-refractivity contribution in [1.82, 2.24) is 0 Å². The summed E-state index contributed by atoms with van der Waals surface area (Å²) in [5, 5.41) is 4.02. The predicted molar refractivity (Wildman–Crippen MR) is 108 cm³/mol. The van der Waals surface area contributed by atoms with Crippen LogP contribution in [0.2, 0.25) is 0 Å². The van der Waals surface area contributed by atoms with Gasteiger partial charge in [0, 0.05) is 0 Å². The van der Waals surface area contributed by atoms with Crippen molar-refractivity contribution in [2.75, 3.05) is 0 Å². The van der Waals surface area contributed by atoms with E-state index in [2.05, 4.69) is 0 Å². The van der Waals surface area contributed by atoms with Gasteiger partial charge in [0.2, 0.25) is 0 Å². The van der Waals surface area contributed by atoms with Crippen molar-refractivity contribution < 1.29 is 18.5 Å². The Morgan fingerprint density at radius 2 is 1.07 bits per heavy atom. The zero-order chi connectivity index (χ0) is 19.0. The van der Waals surface area contributed by atoms with Crippen LogP contribution in [-0.2, 0) is 4.57 Å². The van der Waals surface area contributed by atoms with E-state index in [0.717, 1.165) is 32.7 Å². The van der Waals surface area contributed by atoms with Gasteiger partial charge >= 0.3 is 7.82 Å². The summed E-state index contributed by atoms with van der Waals surface area (Å²) in [6.07, 6.45) is 0. The van der Waals surface area contributed by atoms with Crippen molar-refractivity contribution in [3.8, 4) is 11.5 Å². The number of hydrogen-bond acceptors (Lipinski definition) is 3. The topological polar surface area (TPSA) is 55.8 Å². The second kappa shape index (κ2) is 6.73. The minimum absolute atomic E-state index is 0.331.